The fraction of sp³-hybridized carbons (Fsp3) is 0.125. The predicted octanol–water partition coefficient (Wildman–Crippen LogP) is 4.91. The molecule has 0 saturated carbocycles. The van der Waals surface area contributed by atoms with Crippen LogP contribution in [0, 0.1) is 0 Å². The van der Waals surface area contributed by atoms with Crippen LogP contribution in [0.15, 0.2) is 36.4 Å². The maximum atomic E-state index is 13.4. The molecule has 0 radical (unpaired) electrons. The summed E-state index contributed by atoms with van der Waals surface area (Å²) in [6.07, 6.45) is -10.4. The van der Waals surface area contributed by atoms with E-state index in [1.54, 1.807) is 0 Å². The molecule has 0 atom stereocenters. The third-order valence-corrected chi connectivity index (χ3v) is 3.31. The molecule has 0 heterocycles. The zero-order chi connectivity index (χ0) is 20.6. The molecule has 0 aliphatic heterocycles. The van der Waals surface area contributed by atoms with Crippen molar-refractivity contribution in [3.05, 3.63) is 58.7 Å². The van der Waals surface area contributed by atoms with Crippen LogP contribution < -0.4 is 4.74 Å². The predicted molar refractivity (Wildman–Crippen MR) is 76.9 cm³/mol. The smallest absolute Gasteiger partial charge is 0.420 e. The van der Waals surface area contributed by atoms with Crippen molar-refractivity contribution in [2.75, 3.05) is 0 Å². The highest BCUT2D eigenvalue weighted by Gasteiger charge is 2.42. The van der Waals surface area contributed by atoms with Crippen molar-refractivity contribution < 1.29 is 50.9 Å². The van der Waals surface area contributed by atoms with Crippen LogP contribution in [0.5, 0.6) is 11.5 Å². The standard InChI is InChI=1S/C16H8F6O5/c17-15(18,19)8-3-1-2-4-9(8)27-10-6-5-7(13(23)24)11(14(25)26)12(10)16(20,21)22/h1-6H,(H,23,24)(H,25,26). The molecule has 0 amide bonds. The van der Waals surface area contributed by atoms with Gasteiger partial charge in [0.1, 0.15) is 17.1 Å². The van der Waals surface area contributed by atoms with E-state index in [0.717, 1.165) is 18.2 Å². The minimum atomic E-state index is -5.41. The number of carboxylic acid groups (broad SMARTS) is 2. The molecule has 2 aromatic rings. The van der Waals surface area contributed by atoms with Crippen LogP contribution >= 0.6 is 0 Å². The van der Waals surface area contributed by atoms with Crippen molar-refractivity contribution in [1.82, 2.24) is 0 Å². The van der Waals surface area contributed by atoms with E-state index in [9.17, 15) is 35.9 Å². The first-order valence-corrected chi connectivity index (χ1v) is 6.89. The molecule has 0 saturated heterocycles. The number of para-hydroxylation sites is 1. The Morgan fingerprint density at radius 1 is 0.778 bits per heavy atom. The summed E-state index contributed by atoms with van der Waals surface area (Å²) in [6, 6.07) is 4.32. The van der Waals surface area contributed by atoms with Gasteiger partial charge in [-0.15, -0.1) is 0 Å². The van der Waals surface area contributed by atoms with E-state index >= 15 is 0 Å². The summed E-state index contributed by atoms with van der Waals surface area (Å²) >= 11 is 0. The van der Waals surface area contributed by atoms with Crippen LogP contribution in [0.1, 0.15) is 31.8 Å². The summed E-state index contributed by atoms with van der Waals surface area (Å²) in [7, 11) is 0. The van der Waals surface area contributed by atoms with Gasteiger partial charge in [-0.2, -0.15) is 26.3 Å². The van der Waals surface area contributed by atoms with E-state index in [1.165, 1.54) is 0 Å². The Morgan fingerprint density at radius 3 is 1.85 bits per heavy atom. The lowest BCUT2D eigenvalue weighted by atomic mass is 9.99. The molecule has 0 bridgehead atoms. The van der Waals surface area contributed by atoms with Gasteiger partial charge in [0, 0.05) is 0 Å². The number of rotatable bonds is 4. The number of carbonyl (C=O) groups is 2. The van der Waals surface area contributed by atoms with Gasteiger partial charge >= 0.3 is 24.3 Å². The lowest BCUT2D eigenvalue weighted by Gasteiger charge is -2.19. The Hall–Kier alpha value is -3.24. The molecule has 144 valence electrons. The highest BCUT2D eigenvalue weighted by molar-refractivity contribution is 6.03. The average molecular weight is 394 g/mol. The third-order valence-electron chi connectivity index (χ3n) is 3.31. The van der Waals surface area contributed by atoms with Crippen molar-refractivity contribution in [1.29, 1.82) is 0 Å². The summed E-state index contributed by atoms with van der Waals surface area (Å²) in [6.45, 7) is 0. The summed E-state index contributed by atoms with van der Waals surface area (Å²) in [4.78, 5) is 22.3. The van der Waals surface area contributed by atoms with Gasteiger partial charge < -0.3 is 14.9 Å². The SMILES string of the molecule is O=C(O)c1ccc(Oc2ccccc2C(F)(F)F)c(C(F)(F)F)c1C(=O)O. The van der Waals surface area contributed by atoms with E-state index < -0.39 is 58.0 Å². The monoisotopic (exact) mass is 394 g/mol. The van der Waals surface area contributed by atoms with Gasteiger partial charge in [0.15, 0.2) is 0 Å². The fourth-order valence-corrected chi connectivity index (χ4v) is 2.26. The highest BCUT2D eigenvalue weighted by Crippen LogP contribution is 2.44. The Kier molecular flexibility index (Phi) is 5.07. The van der Waals surface area contributed by atoms with E-state index in [1.807, 2.05) is 0 Å². The second-order valence-electron chi connectivity index (χ2n) is 5.07. The van der Waals surface area contributed by atoms with Crippen molar-refractivity contribution >= 4 is 11.9 Å². The quantitative estimate of drug-likeness (QED) is 0.720. The molecule has 0 aliphatic rings. The molecule has 0 aliphatic carbocycles. The van der Waals surface area contributed by atoms with Crippen LogP contribution in [0.4, 0.5) is 26.3 Å². The molecule has 2 N–H and O–H groups in total. The van der Waals surface area contributed by atoms with Gasteiger partial charge in [0.2, 0.25) is 0 Å². The second-order valence-corrected chi connectivity index (χ2v) is 5.07. The van der Waals surface area contributed by atoms with Crippen molar-refractivity contribution in [2.45, 2.75) is 12.4 Å². The lowest BCUT2D eigenvalue weighted by molar-refractivity contribution is -0.139. The largest absolute Gasteiger partial charge is 0.478 e. The zero-order valence-corrected chi connectivity index (χ0v) is 12.9. The summed E-state index contributed by atoms with van der Waals surface area (Å²) in [5.74, 6) is -6.47. The van der Waals surface area contributed by atoms with Crippen LogP contribution in [0.2, 0.25) is 0 Å². The maximum absolute atomic E-state index is 13.4. The first kappa shape index (κ1) is 20.1. The Balaban J connectivity index is 2.75. The molecule has 0 aromatic heterocycles. The summed E-state index contributed by atoms with van der Waals surface area (Å²) in [5, 5.41) is 18.0. The van der Waals surface area contributed by atoms with Gasteiger partial charge in [-0.25, -0.2) is 9.59 Å². The van der Waals surface area contributed by atoms with Crippen molar-refractivity contribution in [2.24, 2.45) is 0 Å². The molecule has 11 heteroatoms. The number of ether oxygens (including phenoxy) is 1. The topological polar surface area (TPSA) is 83.8 Å². The minimum Gasteiger partial charge on any atom is -0.478 e. The van der Waals surface area contributed by atoms with Crippen molar-refractivity contribution in [3.8, 4) is 11.5 Å². The normalized spacial score (nSPS) is 11.9. The van der Waals surface area contributed by atoms with E-state index in [4.69, 9.17) is 14.9 Å². The van der Waals surface area contributed by atoms with Crippen molar-refractivity contribution in [3.63, 3.8) is 0 Å². The van der Waals surface area contributed by atoms with E-state index in [-0.39, 0.29) is 0 Å². The molecule has 0 fully saturated rings. The van der Waals surface area contributed by atoms with Gasteiger partial charge in [-0.05, 0) is 24.3 Å². The van der Waals surface area contributed by atoms with E-state index in [2.05, 4.69) is 0 Å². The van der Waals surface area contributed by atoms with Gasteiger partial charge in [0.25, 0.3) is 0 Å². The van der Waals surface area contributed by atoms with E-state index in [0.29, 0.717) is 18.2 Å². The Morgan fingerprint density at radius 2 is 1.37 bits per heavy atom. The molecule has 27 heavy (non-hydrogen) atoms. The third kappa shape index (κ3) is 4.13. The second kappa shape index (κ2) is 6.82. The number of hydrogen-bond acceptors (Lipinski definition) is 3. The number of halogens is 6. The Bertz CT molecular complexity index is 901. The molecule has 2 aromatic carbocycles. The highest BCUT2D eigenvalue weighted by atomic mass is 19.4. The molecule has 5 nitrogen and oxygen atoms in total. The van der Waals surface area contributed by atoms with Crippen LogP contribution in [-0.4, -0.2) is 22.2 Å². The first-order valence-electron chi connectivity index (χ1n) is 6.89. The molecular weight excluding hydrogens is 386 g/mol. The number of benzene rings is 2. The van der Waals surface area contributed by atoms with Gasteiger partial charge in [-0.3, -0.25) is 0 Å². The number of aromatic carboxylic acids is 2. The molecule has 0 spiro atoms. The first-order chi connectivity index (χ1) is 12.3. The lowest BCUT2D eigenvalue weighted by Crippen LogP contribution is -2.19. The zero-order valence-electron chi connectivity index (χ0n) is 12.9. The fourth-order valence-electron chi connectivity index (χ4n) is 2.26. The minimum absolute atomic E-state index is 0.450. The maximum Gasteiger partial charge on any atom is 0.420 e. The average Bonchev–Trinajstić information content (AvgIpc) is 2.52. The Labute approximate surface area is 146 Å². The van der Waals surface area contributed by atoms with Crippen LogP contribution in [0.3, 0.4) is 0 Å². The number of carboxylic acids is 2. The molecular formula is C16H8F6O5. The molecule has 0 unspecified atom stereocenters. The van der Waals surface area contributed by atoms with Crippen LogP contribution in [0.25, 0.3) is 0 Å². The van der Waals surface area contributed by atoms with Crippen LogP contribution in [-0.2, 0) is 12.4 Å². The number of alkyl halides is 6. The van der Waals surface area contributed by atoms with Gasteiger partial charge in [-0.1, -0.05) is 12.1 Å². The summed E-state index contributed by atoms with van der Waals surface area (Å²) in [5.41, 5.74) is -6.23. The molecule has 2 rings (SSSR count). The summed E-state index contributed by atoms with van der Waals surface area (Å²) < 4.78 is 83.9. The van der Waals surface area contributed by atoms with Gasteiger partial charge in [0.05, 0.1) is 16.7 Å². The number of hydrogen-bond donors (Lipinski definition) is 2.